The van der Waals surface area contributed by atoms with Crippen molar-refractivity contribution >= 4 is 0 Å². The number of rotatable bonds is 8. The van der Waals surface area contributed by atoms with Crippen LogP contribution < -0.4 is 5.32 Å². The van der Waals surface area contributed by atoms with Crippen LogP contribution in [0.3, 0.4) is 0 Å². The van der Waals surface area contributed by atoms with Crippen molar-refractivity contribution in [2.24, 2.45) is 5.92 Å². The van der Waals surface area contributed by atoms with Crippen LogP contribution in [0.15, 0.2) is 0 Å². The third kappa shape index (κ3) is 5.56. The summed E-state index contributed by atoms with van der Waals surface area (Å²) in [5, 5.41) is 3.74. The van der Waals surface area contributed by atoms with Crippen molar-refractivity contribution in [3.05, 3.63) is 0 Å². The summed E-state index contributed by atoms with van der Waals surface area (Å²) >= 11 is 0. The lowest BCUT2D eigenvalue weighted by atomic mass is 9.83. The zero-order valence-electron chi connectivity index (χ0n) is 14.6. The first-order valence-corrected chi connectivity index (χ1v) is 9.55. The first-order chi connectivity index (χ1) is 10.1. The highest BCUT2D eigenvalue weighted by Crippen LogP contribution is 2.42. The van der Waals surface area contributed by atoms with Crippen LogP contribution in [0.25, 0.3) is 0 Å². The van der Waals surface area contributed by atoms with Gasteiger partial charge >= 0.3 is 0 Å². The van der Waals surface area contributed by atoms with E-state index in [1.54, 1.807) is 0 Å². The number of nitrogens with one attached hydrogen (secondary N) is 1. The Bertz CT molecular complexity index is 283. The van der Waals surface area contributed by atoms with E-state index in [2.05, 4.69) is 26.1 Å². The zero-order valence-corrected chi connectivity index (χ0v) is 14.6. The van der Waals surface area contributed by atoms with Crippen molar-refractivity contribution in [3.8, 4) is 0 Å². The Labute approximate surface area is 132 Å². The van der Waals surface area contributed by atoms with Crippen molar-refractivity contribution in [3.63, 3.8) is 0 Å². The molecule has 2 fully saturated rings. The Morgan fingerprint density at radius 2 is 1.90 bits per heavy atom. The van der Waals surface area contributed by atoms with Crippen molar-refractivity contribution in [2.75, 3.05) is 6.54 Å². The van der Waals surface area contributed by atoms with Crippen LogP contribution in [0.1, 0.15) is 91.4 Å². The van der Waals surface area contributed by atoms with Gasteiger partial charge in [-0.05, 0) is 63.8 Å². The molecule has 2 atom stereocenters. The highest BCUT2D eigenvalue weighted by Gasteiger charge is 2.40. The van der Waals surface area contributed by atoms with Gasteiger partial charge in [0.2, 0.25) is 0 Å². The molecule has 2 aliphatic rings. The Morgan fingerprint density at radius 3 is 2.57 bits per heavy atom. The molecule has 2 nitrogen and oxygen atoms in total. The molecule has 1 spiro atoms. The smallest absolute Gasteiger partial charge is 0.0687 e. The van der Waals surface area contributed by atoms with Gasteiger partial charge in [0.25, 0.3) is 0 Å². The molecule has 0 aromatic carbocycles. The molecule has 0 aromatic heterocycles. The molecule has 1 saturated heterocycles. The quantitative estimate of drug-likeness (QED) is 0.675. The first kappa shape index (κ1) is 17.3. The largest absolute Gasteiger partial charge is 0.372 e. The van der Waals surface area contributed by atoms with Gasteiger partial charge in [0.1, 0.15) is 0 Å². The SMILES string of the molecule is CCCNC(CCC1CCC2(CCCCC2)O1)CC(C)C. The summed E-state index contributed by atoms with van der Waals surface area (Å²) in [6, 6.07) is 0.691. The van der Waals surface area contributed by atoms with E-state index in [0.29, 0.717) is 17.7 Å². The van der Waals surface area contributed by atoms with E-state index in [1.807, 2.05) is 0 Å². The van der Waals surface area contributed by atoms with Crippen molar-refractivity contribution in [2.45, 2.75) is 109 Å². The van der Waals surface area contributed by atoms with Crippen LogP contribution in [0.4, 0.5) is 0 Å². The van der Waals surface area contributed by atoms with Crippen molar-refractivity contribution in [1.29, 1.82) is 0 Å². The molecule has 0 radical (unpaired) electrons. The molecule has 21 heavy (non-hydrogen) atoms. The van der Waals surface area contributed by atoms with E-state index in [0.717, 1.165) is 12.5 Å². The Kier molecular flexibility index (Phi) is 7.01. The van der Waals surface area contributed by atoms with Crippen LogP contribution in [0, 0.1) is 5.92 Å². The highest BCUT2D eigenvalue weighted by atomic mass is 16.5. The van der Waals surface area contributed by atoms with E-state index in [4.69, 9.17) is 4.74 Å². The topological polar surface area (TPSA) is 21.3 Å². The van der Waals surface area contributed by atoms with E-state index < -0.39 is 0 Å². The predicted molar refractivity (Wildman–Crippen MR) is 90.7 cm³/mol. The molecule has 1 saturated carbocycles. The molecule has 1 N–H and O–H groups in total. The van der Waals surface area contributed by atoms with E-state index in [-0.39, 0.29) is 0 Å². The lowest BCUT2D eigenvalue weighted by Crippen LogP contribution is -2.33. The average molecular weight is 296 g/mol. The second kappa shape index (κ2) is 8.53. The van der Waals surface area contributed by atoms with Crippen LogP contribution in [-0.2, 0) is 4.74 Å². The Morgan fingerprint density at radius 1 is 1.14 bits per heavy atom. The zero-order chi connectivity index (χ0) is 15.1. The monoisotopic (exact) mass is 295 g/mol. The van der Waals surface area contributed by atoms with Gasteiger partial charge in [-0.15, -0.1) is 0 Å². The second-order valence-electron chi connectivity index (χ2n) is 7.88. The van der Waals surface area contributed by atoms with Gasteiger partial charge < -0.3 is 10.1 Å². The fourth-order valence-corrected chi connectivity index (χ4v) is 4.27. The molecule has 0 aromatic rings. The molecule has 1 heterocycles. The molecule has 0 bridgehead atoms. The maximum atomic E-state index is 6.52. The van der Waals surface area contributed by atoms with Crippen LogP contribution in [0.2, 0.25) is 0 Å². The summed E-state index contributed by atoms with van der Waals surface area (Å²) in [5.41, 5.74) is 0.299. The Balaban J connectivity index is 1.73. The summed E-state index contributed by atoms with van der Waals surface area (Å²) in [7, 11) is 0. The minimum atomic E-state index is 0.299. The molecule has 2 heteroatoms. The van der Waals surface area contributed by atoms with Gasteiger partial charge in [-0.3, -0.25) is 0 Å². The molecule has 2 unspecified atom stereocenters. The highest BCUT2D eigenvalue weighted by molar-refractivity contribution is 4.91. The summed E-state index contributed by atoms with van der Waals surface area (Å²) in [6.07, 6.45) is 15.1. The normalized spacial score (nSPS) is 26.6. The predicted octanol–water partition coefficient (Wildman–Crippen LogP) is 5.06. The number of hydrogen-bond donors (Lipinski definition) is 1. The van der Waals surface area contributed by atoms with Crippen LogP contribution in [0.5, 0.6) is 0 Å². The maximum absolute atomic E-state index is 6.52. The number of ether oxygens (including phenoxy) is 1. The molecule has 1 aliphatic heterocycles. The average Bonchev–Trinajstić information content (AvgIpc) is 2.85. The van der Waals surface area contributed by atoms with Gasteiger partial charge in [0.05, 0.1) is 11.7 Å². The lowest BCUT2D eigenvalue weighted by Gasteiger charge is -2.33. The van der Waals surface area contributed by atoms with E-state index in [9.17, 15) is 0 Å². The summed E-state index contributed by atoms with van der Waals surface area (Å²) in [4.78, 5) is 0. The van der Waals surface area contributed by atoms with Crippen LogP contribution in [-0.4, -0.2) is 24.3 Å². The first-order valence-electron chi connectivity index (χ1n) is 9.55. The summed E-state index contributed by atoms with van der Waals surface area (Å²) in [5.74, 6) is 0.786. The Hall–Kier alpha value is -0.0800. The van der Waals surface area contributed by atoms with E-state index >= 15 is 0 Å². The number of hydrogen-bond acceptors (Lipinski definition) is 2. The van der Waals surface area contributed by atoms with E-state index in [1.165, 1.54) is 70.6 Å². The summed E-state index contributed by atoms with van der Waals surface area (Å²) in [6.45, 7) is 8.09. The maximum Gasteiger partial charge on any atom is 0.0687 e. The fourth-order valence-electron chi connectivity index (χ4n) is 4.27. The molecule has 1 aliphatic carbocycles. The minimum absolute atomic E-state index is 0.299. The van der Waals surface area contributed by atoms with Gasteiger partial charge in [-0.2, -0.15) is 0 Å². The third-order valence-electron chi connectivity index (χ3n) is 5.38. The summed E-state index contributed by atoms with van der Waals surface area (Å²) < 4.78 is 6.52. The van der Waals surface area contributed by atoms with Crippen molar-refractivity contribution in [1.82, 2.24) is 5.32 Å². The molecule has 2 rings (SSSR count). The van der Waals surface area contributed by atoms with Crippen LogP contribution >= 0.6 is 0 Å². The molecule has 0 amide bonds. The van der Waals surface area contributed by atoms with Gasteiger partial charge in [0.15, 0.2) is 0 Å². The molecule has 124 valence electrons. The lowest BCUT2D eigenvalue weighted by molar-refractivity contribution is -0.0666. The molecular formula is C19H37NO. The molecular weight excluding hydrogens is 258 g/mol. The fraction of sp³-hybridized carbons (Fsp3) is 1.00. The third-order valence-corrected chi connectivity index (χ3v) is 5.38. The van der Waals surface area contributed by atoms with Gasteiger partial charge in [-0.25, -0.2) is 0 Å². The van der Waals surface area contributed by atoms with Gasteiger partial charge in [-0.1, -0.05) is 40.0 Å². The standard InChI is InChI=1S/C19H37NO/c1-4-14-20-17(15-16(2)3)8-9-18-10-13-19(21-18)11-6-5-7-12-19/h16-18,20H,4-15H2,1-3H3. The second-order valence-corrected chi connectivity index (χ2v) is 7.88. The van der Waals surface area contributed by atoms with Crippen molar-refractivity contribution < 1.29 is 4.74 Å². The minimum Gasteiger partial charge on any atom is -0.372 e. The van der Waals surface area contributed by atoms with Gasteiger partial charge in [0, 0.05) is 6.04 Å².